The lowest BCUT2D eigenvalue weighted by Gasteiger charge is -2.24. The van der Waals surface area contributed by atoms with Crippen LogP contribution in [0.2, 0.25) is 0 Å². The Morgan fingerprint density at radius 2 is 1.97 bits per heavy atom. The summed E-state index contributed by atoms with van der Waals surface area (Å²) in [5.41, 5.74) is 7.98. The van der Waals surface area contributed by atoms with E-state index in [2.05, 4.69) is 10.1 Å². The predicted molar refractivity (Wildman–Crippen MR) is 130 cm³/mol. The highest BCUT2D eigenvalue weighted by Crippen LogP contribution is 2.23. The molecule has 0 fully saturated rings. The van der Waals surface area contributed by atoms with Gasteiger partial charge in [0.05, 0.1) is 23.1 Å². The number of H-pyrrole nitrogens is 1. The third-order valence-electron chi connectivity index (χ3n) is 5.50. The van der Waals surface area contributed by atoms with Crippen LogP contribution in [0.5, 0.6) is 0 Å². The molecule has 0 saturated carbocycles. The van der Waals surface area contributed by atoms with Crippen molar-refractivity contribution < 1.29 is 4.79 Å². The van der Waals surface area contributed by atoms with Gasteiger partial charge in [0.2, 0.25) is 0 Å². The first-order valence-corrected chi connectivity index (χ1v) is 11.2. The van der Waals surface area contributed by atoms with Crippen LogP contribution in [0.4, 0.5) is 11.5 Å². The predicted octanol–water partition coefficient (Wildman–Crippen LogP) is 3.02. The highest BCUT2D eigenvalue weighted by Gasteiger charge is 2.27. The van der Waals surface area contributed by atoms with Crippen molar-refractivity contribution in [3.8, 4) is 5.69 Å². The molecular formula is C24H32N6O3. The Labute approximate surface area is 192 Å². The molecule has 1 aromatic carbocycles. The van der Waals surface area contributed by atoms with Gasteiger partial charge in [-0.1, -0.05) is 39.3 Å². The molecule has 2 aromatic heterocycles. The molecule has 0 spiro atoms. The van der Waals surface area contributed by atoms with Crippen molar-refractivity contribution in [2.45, 2.75) is 54.0 Å². The van der Waals surface area contributed by atoms with Gasteiger partial charge in [-0.3, -0.25) is 19.1 Å². The van der Waals surface area contributed by atoms with E-state index in [1.54, 1.807) is 4.68 Å². The first-order chi connectivity index (χ1) is 15.6. The van der Waals surface area contributed by atoms with Crippen molar-refractivity contribution >= 4 is 17.4 Å². The Kier molecular flexibility index (Phi) is 7.20. The Hall–Kier alpha value is -3.62. The van der Waals surface area contributed by atoms with Crippen LogP contribution < -0.4 is 21.9 Å². The normalized spacial score (nSPS) is 11.2. The summed E-state index contributed by atoms with van der Waals surface area (Å²) in [5, 5.41) is 4.42. The number of aryl methyl sites for hydroxylation is 1. The molecule has 0 bridgehead atoms. The zero-order valence-corrected chi connectivity index (χ0v) is 19.9. The number of carbonyl (C=O) groups excluding carboxylic acids is 1. The Balaban J connectivity index is 2.11. The lowest BCUT2D eigenvalue weighted by Crippen LogP contribution is -2.42. The SMILES string of the molecule is CCCCN(C(=O)c1cnn(-c2cccc(C)c2)c1C)c1c(N)n(CC(C)C)c(=O)[nH]c1=O. The molecule has 0 radical (unpaired) electrons. The first-order valence-electron chi connectivity index (χ1n) is 11.2. The molecule has 2 heterocycles. The van der Waals surface area contributed by atoms with Gasteiger partial charge in [0.15, 0.2) is 5.69 Å². The molecule has 0 atom stereocenters. The van der Waals surface area contributed by atoms with Crippen LogP contribution in [0.1, 0.15) is 55.2 Å². The monoisotopic (exact) mass is 452 g/mol. The van der Waals surface area contributed by atoms with Gasteiger partial charge in [0.25, 0.3) is 11.5 Å². The van der Waals surface area contributed by atoms with Crippen LogP contribution in [0.15, 0.2) is 40.1 Å². The van der Waals surface area contributed by atoms with E-state index in [0.717, 1.165) is 17.7 Å². The fourth-order valence-corrected chi connectivity index (χ4v) is 3.80. The summed E-state index contributed by atoms with van der Waals surface area (Å²) in [6.07, 6.45) is 2.99. The van der Waals surface area contributed by atoms with Gasteiger partial charge in [0.1, 0.15) is 5.82 Å². The largest absolute Gasteiger partial charge is 0.383 e. The van der Waals surface area contributed by atoms with E-state index in [4.69, 9.17) is 5.73 Å². The number of hydrogen-bond acceptors (Lipinski definition) is 5. The standard InChI is InChI=1S/C24H32N6O3/c1-6-7-11-28(20-21(25)29(14-15(2)3)24(33)27-22(20)31)23(32)19-13-26-30(17(19)5)18-10-8-9-16(4)12-18/h8-10,12-13,15H,6-7,11,14,25H2,1-5H3,(H,27,31,33). The van der Waals surface area contributed by atoms with Crippen molar-refractivity contribution in [1.82, 2.24) is 19.3 Å². The Morgan fingerprint density at radius 3 is 2.61 bits per heavy atom. The Bertz CT molecular complexity index is 1270. The molecule has 3 aromatic rings. The number of anilines is 2. The number of nitrogens with zero attached hydrogens (tertiary/aromatic N) is 4. The van der Waals surface area contributed by atoms with E-state index in [1.165, 1.54) is 15.7 Å². The van der Waals surface area contributed by atoms with E-state index < -0.39 is 11.2 Å². The van der Waals surface area contributed by atoms with Crippen LogP contribution in [0, 0.1) is 19.8 Å². The zero-order valence-electron chi connectivity index (χ0n) is 19.9. The number of nitrogens with two attached hydrogens (primary N) is 1. The number of aromatic amines is 1. The summed E-state index contributed by atoms with van der Waals surface area (Å²) in [4.78, 5) is 42.6. The van der Waals surface area contributed by atoms with Gasteiger partial charge in [-0.2, -0.15) is 5.10 Å². The van der Waals surface area contributed by atoms with Crippen molar-refractivity contribution in [3.05, 3.63) is 68.1 Å². The molecule has 33 heavy (non-hydrogen) atoms. The number of hydrogen-bond donors (Lipinski definition) is 2. The number of unbranched alkanes of at least 4 members (excludes halogenated alkanes) is 1. The minimum absolute atomic E-state index is 0.00333. The second-order valence-corrected chi connectivity index (χ2v) is 8.70. The quantitative estimate of drug-likeness (QED) is 0.544. The van der Waals surface area contributed by atoms with E-state index >= 15 is 0 Å². The molecule has 3 N–H and O–H groups in total. The molecule has 0 aliphatic carbocycles. The minimum Gasteiger partial charge on any atom is -0.383 e. The average molecular weight is 453 g/mol. The molecule has 176 valence electrons. The molecular weight excluding hydrogens is 420 g/mol. The van der Waals surface area contributed by atoms with Crippen molar-refractivity contribution in [1.29, 1.82) is 0 Å². The van der Waals surface area contributed by atoms with Crippen LogP contribution in [0.25, 0.3) is 5.69 Å². The maximum absolute atomic E-state index is 13.7. The average Bonchev–Trinajstić information content (AvgIpc) is 3.14. The summed E-state index contributed by atoms with van der Waals surface area (Å²) in [7, 11) is 0. The number of aromatic nitrogens is 4. The maximum atomic E-state index is 13.7. The third kappa shape index (κ3) is 4.92. The third-order valence-corrected chi connectivity index (χ3v) is 5.50. The number of nitrogen functional groups attached to an aromatic ring is 1. The van der Waals surface area contributed by atoms with Crippen LogP contribution in [-0.2, 0) is 6.54 Å². The van der Waals surface area contributed by atoms with Gasteiger partial charge in [-0.05, 0) is 43.9 Å². The smallest absolute Gasteiger partial charge is 0.330 e. The fraction of sp³-hybridized carbons (Fsp3) is 0.417. The van der Waals surface area contributed by atoms with Crippen molar-refractivity contribution in [3.63, 3.8) is 0 Å². The van der Waals surface area contributed by atoms with Crippen LogP contribution in [-0.4, -0.2) is 31.8 Å². The molecule has 1 amide bonds. The fourth-order valence-electron chi connectivity index (χ4n) is 3.80. The highest BCUT2D eigenvalue weighted by atomic mass is 16.2. The molecule has 3 rings (SSSR count). The summed E-state index contributed by atoms with van der Waals surface area (Å²) in [6.45, 7) is 10.3. The lowest BCUT2D eigenvalue weighted by atomic mass is 10.1. The molecule has 0 aliphatic rings. The van der Waals surface area contributed by atoms with E-state index in [1.807, 2.05) is 58.9 Å². The molecule has 0 unspecified atom stereocenters. The topological polar surface area (TPSA) is 119 Å². The number of rotatable bonds is 8. The first kappa shape index (κ1) is 24.0. The van der Waals surface area contributed by atoms with Crippen LogP contribution >= 0.6 is 0 Å². The van der Waals surface area contributed by atoms with Gasteiger partial charge in [0, 0.05) is 13.1 Å². The summed E-state index contributed by atoms with van der Waals surface area (Å²) < 4.78 is 3.02. The summed E-state index contributed by atoms with van der Waals surface area (Å²) in [5.74, 6) is -0.268. The number of benzene rings is 1. The number of nitrogens with one attached hydrogen (secondary N) is 1. The Morgan fingerprint density at radius 1 is 1.24 bits per heavy atom. The van der Waals surface area contributed by atoms with E-state index in [9.17, 15) is 14.4 Å². The van der Waals surface area contributed by atoms with Gasteiger partial charge in [-0.25, -0.2) is 9.48 Å². The lowest BCUT2D eigenvalue weighted by molar-refractivity contribution is 0.0985. The van der Waals surface area contributed by atoms with E-state index in [0.29, 0.717) is 24.2 Å². The van der Waals surface area contributed by atoms with Gasteiger partial charge >= 0.3 is 5.69 Å². The number of amides is 1. The number of carbonyl (C=O) groups is 1. The maximum Gasteiger partial charge on any atom is 0.330 e. The van der Waals surface area contributed by atoms with Gasteiger partial charge in [-0.15, -0.1) is 0 Å². The minimum atomic E-state index is -0.675. The second-order valence-electron chi connectivity index (χ2n) is 8.70. The molecule has 9 nitrogen and oxygen atoms in total. The zero-order chi connectivity index (χ0) is 24.3. The van der Waals surface area contributed by atoms with Gasteiger partial charge < -0.3 is 10.6 Å². The highest BCUT2D eigenvalue weighted by molar-refractivity contribution is 6.07. The summed E-state index contributed by atoms with van der Waals surface area (Å²) in [6, 6.07) is 7.81. The van der Waals surface area contributed by atoms with Crippen molar-refractivity contribution in [2.75, 3.05) is 17.2 Å². The second kappa shape index (κ2) is 9.89. The van der Waals surface area contributed by atoms with Crippen LogP contribution in [0.3, 0.4) is 0 Å². The van der Waals surface area contributed by atoms with Crippen molar-refractivity contribution in [2.24, 2.45) is 5.92 Å². The molecule has 0 saturated heterocycles. The molecule has 9 heteroatoms. The van der Waals surface area contributed by atoms with E-state index in [-0.39, 0.29) is 29.9 Å². The molecule has 0 aliphatic heterocycles. The summed E-state index contributed by atoms with van der Waals surface area (Å²) >= 11 is 0.